The Morgan fingerprint density at radius 3 is 2.48 bits per heavy atom. The predicted molar refractivity (Wildman–Crippen MR) is 100.0 cm³/mol. The van der Waals surface area contributed by atoms with Gasteiger partial charge in [0.1, 0.15) is 0 Å². The van der Waals surface area contributed by atoms with Crippen LogP contribution in [0.5, 0.6) is 0 Å². The molecular weight excluding hydrogens is 370 g/mol. The van der Waals surface area contributed by atoms with Crippen LogP contribution in [0.1, 0.15) is 21.8 Å². The summed E-state index contributed by atoms with van der Waals surface area (Å²) in [5, 5.41) is 9.79. The van der Waals surface area contributed by atoms with Crippen LogP contribution in [0.2, 0.25) is 0 Å². The van der Waals surface area contributed by atoms with Crippen molar-refractivity contribution in [2.75, 3.05) is 5.32 Å². The maximum absolute atomic E-state index is 12.8. The normalized spacial score (nSPS) is 11.1. The van der Waals surface area contributed by atoms with Gasteiger partial charge in [-0.3, -0.25) is 10.1 Å². The van der Waals surface area contributed by atoms with Crippen LogP contribution in [-0.4, -0.2) is 21.1 Å². The Bertz CT molecular complexity index is 1120. The van der Waals surface area contributed by atoms with Crippen molar-refractivity contribution in [3.05, 3.63) is 71.2 Å². The van der Waals surface area contributed by atoms with Crippen LogP contribution in [0, 0.1) is 0 Å². The average Bonchev–Trinajstić information content (AvgIpc) is 3.16. The van der Waals surface area contributed by atoms with Crippen molar-refractivity contribution in [3.63, 3.8) is 0 Å². The molecule has 2 aromatic heterocycles. The first kappa shape index (κ1) is 17.2. The first-order valence-electron chi connectivity index (χ1n) is 8.00. The van der Waals surface area contributed by atoms with E-state index in [0.29, 0.717) is 33.5 Å². The van der Waals surface area contributed by atoms with Crippen molar-refractivity contribution >= 4 is 33.3 Å². The lowest BCUT2D eigenvalue weighted by Gasteiger charge is -2.09. The van der Waals surface area contributed by atoms with Crippen LogP contribution >= 0.6 is 11.3 Å². The molecule has 2 aromatic carbocycles. The number of nitrogens with one attached hydrogen (secondary N) is 1. The number of para-hydroxylation sites is 1. The molecule has 0 aliphatic heterocycles. The molecule has 0 fully saturated rings. The minimum Gasteiger partial charge on any atom is -0.296 e. The molecule has 2 heterocycles. The molecule has 0 spiro atoms. The minimum atomic E-state index is -2.72. The molecule has 5 nitrogen and oxygen atoms in total. The summed E-state index contributed by atoms with van der Waals surface area (Å²) in [5.41, 5.74) is 2.56. The third kappa shape index (κ3) is 3.52. The van der Waals surface area contributed by atoms with Crippen LogP contribution in [0.25, 0.3) is 22.2 Å². The Hall–Kier alpha value is -3.26. The number of aromatic nitrogens is 3. The number of anilines is 1. The first-order chi connectivity index (χ1) is 13.1. The highest BCUT2D eigenvalue weighted by Crippen LogP contribution is 2.28. The molecule has 0 atom stereocenters. The number of carbonyl (C=O) groups is 1. The van der Waals surface area contributed by atoms with E-state index in [1.54, 1.807) is 12.1 Å². The lowest BCUT2D eigenvalue weighted by atomic mass is 10.0. The lowest BCUT2D eigenvalue weighted by Crippen LogP contribution is -2.13. The molecule has 0 bridgehead atoms. The number of rotatable bonds is 4. The van der Waals surface area contributed by atoms with Gasteiger partial charge in [0, 0.05) is 10.9 Å². The van der Waals surface area contributed by atoms with Gasteiger partial charge in [-0.25, -0.2) is 13.8 Å². The van der Waals surface area contributed by atoms with Gasteiger partial charge >= 0.3 is 0 Å². The highest BCUT2D eigenvalue weighted by molar-refractivity contribution is 7.15. The highest BCUT2D eigenvalue weighted by Gasteiger charge is 2.18. The summed E-state index contributed by atoms with van der Waals surface area (Å²) in [6.07, 6.45) is -2.72. The lowest BCUT2D eigenvalue weighted by molar-refractivity contribution is 0.102. The van der Waals surface area contributed by atoms with Gasteiger partial charge in [-0.05, 0) is 12.1 Å². The van der Waals surface area contributed by atoms with Crippen LogP contribution < -0.4 is 5.32 Å². The van der Waals surface area contributed by atoms with E-state index in [-0.39, 0.29) is 5.13 Å². The summed E-state index contributed by atoms with van der Waals surface area (Å²) < 4.78 is 25.4. The van der Waals surface area contributed by atoms with Gasteiger partial charge in [-0.1, -0.05) is 59.9 Å². The monoisotopic (exact) mass is 382 g/mol. The molecule has 0 aliphatic carbocycles. The van der Waals surface area contributed by atoms with E-state index in [0.717, 1.165) is 5.56 Å². The number of amides is 1. The second kappa shape index (κ2) is 7.16. The highest BCUT2D eigenvalue weighted by atomic mass is 32.1. The zero-order valence-electron chi connectivity index (χ0n) is 13.8. The summed E-state index contributed by atoms with van der Waals surface area (Å²) >= 11 is 0.650. The summed E-state index contributed by atoms with van der Waals surface area (Å²) in [7, 11) is 0. The van der Waals surface area contributed by atoms with E-state index in [9.17, 15) is 13.6 Å². The second-order valence-corrected chi connectivity index (χ2v) is 6.65. The summed E-state index contributed by atoms with van der Waals surface area (Å²) in [4.78, 5) is 17.4. The van der Waals surface area contributed by atoms with Gasteiger partial charge < -0.3 is 0 Å². The number of pyridine rings is 1. The van der Waals surface area contributed by atoms with Crippen LogP contribution in [0.15, 0.2) is 60.7 Å². The smallest absolute Gasteiger partial charge is 0.291 e. The van der Waals surface area contributed by atoms with Crippen molar-refractivity contribution in [2.45, 2.75) is 6.43 Å². The van der Waals surface area contributed by atoms with E-state index in [2.05, 4.69) is 20.5 Å². The van der Waals surface area contributed by atoms with E-state index in [1.807, 2.05) is 48.5 Å². The number of hydrogen-bond acceptors (Lipinski definition) is 5. The average molecular weight is 382 g/mol. The van der Waals surface area contributed by atoms with E-state index in [1.165, 1.54) is 0 Å². The van der Waals surface area contributed by atoms with Crippen molar-refractivity contribution in [2.24, 2.45) is 0 Å². The number of carbonyl (C=O) groups excluding carboxylic acids is 1. The topological polar surface area (TPSA) is 67.8 Å². The van der Waals surface area contributed by atoms with Crippen LogP contribution in [0.3, 0.4) is 0 Å². The molecule has 8 heteroatoms. The van der Waals surface area contributed by atoms with Crippen molar-refractivity contribution in [1.82, 2.24) is 15.2 Å². The third-order valence-electron chi connectivity index (χ3n) is 3.88. The minimum absolute atomic E-state index is 0.0254. The molecule has 27 heavy (non-hydrogen) atoms. The fourth-order valence-corrected chi connectivity index (χ4v) is 3.25. The largest absolute Gasteiger partial charge is 0.296 e. The quantitative estimate of drug-likeness (QED) is 0.543. The number of alkyl halides is 2. The number of benzene rings is 2. The number of hydrogen-bond donors (Lipinski definition) is 1. The Kier molecular flexibility index (Phi) is 4.55. The molecule has 0 aliphatic rings. The molecule has 0 saturated carbocycles. The molecule has 1 N–H and O–H groups in total. The maximum Gasteiger partial charge on any atom is 0.291 e. The van der Waals surface area contributed by atoms with Gasteiger partial charge in [0.2, 0.25) is 5.13 Å². The van der Waals surface area contributed by atoms with Crippen LogP contribution in [0.4, 0.5) is 13.9 Å². The molecule has 0 radical (unpaired) electrons. The maximum atomic E-state index is 12.8. The van der Waals surface area contributed by atoms with Crippen molar-refractivity contribution in [3.8, 4) is 11.3 Å². The number of nitrogens with zero attached hydrogens (tertiary/aromatic N) is 3. The van der Waals surface area contributed by atoms with Crippen molar-refractivity contribution < 1.29 is 13.6 Å². The second-order valence-electron chi connectivity index (χ2n) is 5.64. The molecule has 4 rings (SSSR count). The SMILES string of the molecule is O=C(Nc1nnc(C(F)F)s1)c1cc(-c2ccccc2)nc2ccccc12. The summed E-state index contributed by atoms with van der Waals surface area (Å²) in [6, 6.07) is 18.4. The fraction of sp³-hybridized carbons (Fsp3) is 0.0526. The summed E-state index contributed by atoms with van der Waals surface area (Å²) in [6.45, 7) is 0. The molecule has 134 valence electrons. The molecular formula is C19H12F2N4OS. The van der Waals surface area contributed by atoms with Gasteiger partial charge in [0.05, 0.1) is 16.8 Å². The number of halogens is 2. The fourth-order valence-electron chi connectivity index (χ4n) is 2.66. The van der Waals surface area contributed by atoms with Crippen molar-refractivity contribution in [1.29, 1.82) is 0 Å². The predicted octanol–water partition coefficient (Wildman–Crippen LogP) is 4.94. The van der Waals surface area contributed by atoms with Gasteiger partial charge in [0.15, 0.2) is 5.01 Å². The standard InChI is InChI=1S/C19H12F2N4OS/c20-16(21)18-24-25-19(27-18)23-17(26)13-10-15(11-6-2-1-3-7-11)22-14-9-5-4-8-12(13)14/h1-10,16H,(H,23,25,26). The Morgan fingerprint density at radius 1 is 1.00 bits per heavy atom. The Labute approximate surface area is 156 Å². The van der Waals surface area contributed by atoms with E-state index in [4.69, 9.17) is 0 Å². The van der Waals surface area contributed by atoms with Gasteiger partial charge in [-0.15, -0.1) is 10.2 Å². The zero-order valence-corrected chi connectivity index (χ0v) is 14.6. The zero-order chi connectivity index (χ0) is 18.8. The molecule has 4 aromatic rings. The van der Waals surface area contributed by atoms with E-state index >= 15 is 0 Å². The Morgan fingerprint density at radius 2 is 1.74 bits per heavy atom. The van der Waals surface area contributed by atoms with E-state index < -0.39 is 17.3 Å². The number of fused-ring (bicyclic) bond motifs is 1. The van der Waals surface area contributed by atoms with Gasteiger partial charge in [-0.2, -0.15) is 0 Å². The summed E-state index contributed by atoms with van der Waals surface area (Å²) in [5.74, 6) is -0.456. The van der Waals surface area contributed by atoms with Gasteiger partial charge in [0.25, 0.3) is 12.3 Å². The van der Waals surface area contributed by atoms with Crippen LogP contribution in [-0.2, 0) is 0 Å². The molecule has 0 unspecified atom stereocenters. The third-order valence-corrected chi connectivity index (χ3v) is 4.72. The molecule has 0 saturated heterocycles. The molecule has 1 amide bonds. The first-order valence-corrected chi connectivity index (χ1v) is 8.81. The Balaban J connectivity index is 1.76.